The van der Waals surface area contributed by atoms with Crippen molar-refractivity contribution in [1.82, 2.24) is 15.0 Å². The number of hydrogen-bond donors (Lipinski definition) is 2. The topological polar surface area (TPSA) is 96.6 Å². The highest BCUT2D eigenvalue weighted by molar-refractivity contribution is 8.01. The Morgan fingerprint density at radius 1 is 1.23 bits per heavy atom. The summed E-state index contributed by atoms with van der Waals surface area (Å²) in [4.78, 5) is 30.1. The lowest BCUT2D eigenvalue weighted by Crippen LogP contribution is -2.19. The number of thiazole rings is 1. The second-order valence-electron chi connectivity index (χ2n) is 8.39. The third-order valence-corrected chi connectivity index (χ3v) is 9.49. The first kappa shape index (κ1) is 23.8. The van der Waals surface area contributed by atoms with E-state index in [0.29, 0.717) is 5.56 Å². The van der Waals surface area contributed by atoms with E-state index in [4.69, 9.17) is 0 Å². The summed E-state index contributed by atoms with van der Waals surface area (Å²) in [6.45, 7) is 3.91. The average molecular weight is 525 g/mol. The van der Waals surface area contributed by atoms with Crippen LogP contribution in [0.15, 0.2) is 39.8 Å². The number of thiophene rings is 1. The molecule has 1 aromatic carbocycles. The Balaban J connectivity index is 1.29. The molecule has 0 fully saturated rings. The fourth-order valence-electron chi connectivity index (χ4n) is 4.41. The number of aromatic carboxylic acids is 1. The van der Waals surface area contributed by atoms with Crippen molar-refractivity contribution in [2.24, 2.45) is 5.10 Å². The molecule has 4 aromatic rings. The maximum Gasteiger partial charge on any atom is 0.339 e. The van der Waals surface area contributed by atoms with E-state index >= 15 is 0 Å². The van der Waals surface area contributed by atoms with Crippen molar-refractivity contribution in [3.05, 3.63) is 63.3 Å². The molecule has 3 heterocycles. The van der Waals surface area contributed by atoms with Crippen LogP contribution >= 0.6 is 34.4 Å². The van der Waals surface area contributed by atoms with Crippen LogP contribution in [0.1, 0.15) is 50.6 Å². The number of carboxylic acids is 1. The second kappa shape index (κ2) is 9.96. The van der Waals surface area contributed by atoms with Gasteiger partial charge in [0.2, 0.25) is 0 Å². The number of nitrogens with zero attached hydrogens (tertiary/aromatic N) is 3. The largest absolute Gasteiger partial charge is 0.478 e. The molecule has 7 nitrogen and oxygen atoms in total. The lowest BCUT2D eigenvalue weighted by atomic mass is 9.95. The number of fused-ring (bicyclic) bond motifs is 2. The number of carbonyl (C=O) groups is 2. The summed E-state index contributed by atoms with van der Waals surface area (Å²) >= 11 is 4.53. The van der Waals surface area contributed by atoms with E-state index in [-0.39, 0.29) is 11.7 Å². The standard InChI is InChI=1S/C25H24N4O3S3/c1-14-11-16(12-26-28-21(30)13-33-25-27-18-8-4-6-10-20(18)35-25)15(2)29(14)23-22(24(31)32)17-7-3-5-9-19(17)34-23/h4,6,8,10-12H,3,5,7,9,13H2,1-2H3,(H,28,30)(H,31,32)/b26-12+. The highest BCUT2D eigenvalue weighted by Crippen LogP contribution is 2.38. The number of carboxylic acid groups (broad SMARTS) is 1. The van der Waals surface area contributed by atoms with E-state index in [1.165, 1.54) is 16.6 Å². The minimum atomic E-state index is -0.875. The number of aromatic nitrogens is 2. The molecule has 10 heteroatoms. The summed E-state index contributed by atoms with van der Waals surface area (Å²) in [6, 6.07) is 9.86. The quantitative estimate of drug-likeness (QED) is 0.187. The number of hydrazone groups is 1. The van der Waals surface area contributed by atoms with Crippen molar-refractivity contribution < 1.29 is 14.7 Å². The van der Waals surface area contributed by atoms with Gasteiger partial charge in [-0.1, -0.05) is 23.9 Å². The van der Waals surface area contributed by atoms with E-state index in [0.717, 1.165) is 67.8 Å². The van der Waals surface area contributed by atoms with Crippen LogP contribution in [-0.4, -0.2) is 38.5 Å². The Labute approximate surface area is 214 Å². The molecule has 0 spiro atoms. The Morgan fingerprint density at radius 3 is 2.83 bits per heavy atom. The van der Waals surface area contributed by atoms with E-state index in [1.54, 1.807) is 28.9 Å². The van der Waals surface area contributed by atoms with Gasteiger partial charge in [-0.3, -0.25) is 4.79 Å². The molecule has 0 unspecified atom stereocenters. The van der Waals surface area contributed by atoms with Gasteiger partial charge in [-0.2, -0.15) is 5.10 Å². The van der Waals surface area contributed by atoms with Crippen LogP contribution in [0.2, 0.25) is 0 Å². The molecule has 0 radical (unpaired) electrons. The highest BCUT2D eigenvalue weighted by atomic mass is 32.2. The lowest BCUT2D eigenvalue weighted by Gasteiger charge is -2.11. The molecule has 5 rings (SSSR count). The molecule has 0 saturated carbocycles. The summed E-state index contributed by atoms with van der Waals surface area (Å²) in [7, 11) is 0. The summed E-state index contributed by atoms with van der Waals surface area (Å²) in [5.74, 6) is -0.864. The average Bonchev–Trinajstić information content (AvgIpc) is 3.50. The molecule has 3 aromatic heterocycles. The summed E-state index contributed by atoms with van der Waals surface area (Å²) in [6.07, 6.45) is 5.51. The van der Waals surface area contributed by atoms with Crippen LogP contribution in [0.25, 0.3) is 15.2 Å². The molecular weight excluding hydrogens is 501 g/mol. The third-order valence-electron chi connectivity index (χ3n) is 6.03. The molecule has 2 N–H and O–H groups in total. The second-order valence-corrected chi connectivity index (χ2v) is 11.7. The molecule has 0 atom stereocenters. The zero-order valence-corrected chi connectivity index (χ0v) is 21.8. The van der Waals surface area contributed by atoms with Crippen LogP contribution in [0, 0.1) is 13.8 Å². The minimum Gasteiger partial charge on any atom is -0.478 e. The zero-order chi connectivity index (χ0) is 24.5. The third kappa shape index (κ3) is 4.78. The summed E-state index contributed by atoms with van der Waals surface area (Å²) < 4.78 is 3.95. The predicted octanol–water partition coefficient (Wildman–Crippen LogP) is 5.58. The SMILES string of the molecule is Cc1cc(/C=N/NC(=O)CSc2nc3ccccc3s2)c(C)n1-c1sc2c(c1C(=O)O)CCCC2. The fourth-order valence-corrected chi connectivity index (χ4v) is 7.76. The maximum atomic E-state index is 12.3. The van der Waals surface area contributed by atoms with Crippen molar-refractivity contribution in [3.8, 4) is 5.00 Å². The van der Waals surface area contributed by atoms with E-state index in [1.807, 2.05) is 48.7 Å². The first-order valence-corrected chi connectivity index (χ1v) is 13.9. The van der Waals surface area contributed by atoms with Crippen LogP contribution in [0.3, 0.4) is 0 Å². The Bertz CT molecular complexity index is 1430. The molecule has 180 valence electrons. The number of carbonyl (C=O) groups excluding carboxylic acids is 1. The number of para-hydroxylation sites is 1. The first-order chi connectivity index (χ1) is 16.9. The van der Waals surface area contributed by atoms with Gasteiger partial charge in [-0.15, -0.1) is 22.7 Å². The van der Waals surface area contributed by atoms with Gasteiger partial charge in [-0.05, 0) is 63.3 Å². The highest BCUT2D eigenvalue weighted by Gasteiger charge is 2.27. The van der Waals surface area contributed by atoms with E-state index in [9.17, 15) is 14.7 Å². The number of amides is 1. The smallest absolute Gasteiger partial charge is 0.339 e. The lowest BCUT2D eigenvalue weighted by molar-refractivity contribution is -0.118. The number of benzene rings is 1. The van der Waals surface area contributed by atoms with Gasteiger partial charge >= 0.3 is 5.97 Å². The Hall–Kier alpha value is -2.95. The van der Waals surface area contributed by atoms with Gasteiger partial charge in [-0.25, -0.2) is 15.2 Å². The minimum absolute atomic E-state index is 0.210. The van der Waals surface area contributed by atoms with Crippen molar-refractivity contribution in [2.45, 2.75) is 43.9 Å². The van der Waals surface area contributed by atoms with Gasteiger partial charge < -0.3 is 9.67 Å². The number of nitrogens with one attached hydrogen (secondary N) is 1. The molecule has 0 bridgehead atoms. The molecule has 35 heavy (non-hydrogen) atoms. The van der Waals surface area contributed by atoms with Crippen molar-refractivity contribution in [2.75, 3.05) is 5.75 Å². The monoisotopic (exact) mass is 524 g/mol. The molecule has 1 aliphatic rings. The Kier molecular flexibility index (Phi) is 6.77. The predicted molar refractivity (Wildman–Crippen MR) is 143 cm³/mol. The van der Waals surface area contributed by atoms with E-state index < -0.39 is 5.97 Å². The molecule has 0 saturated heterocycles. The van der Waals surface area contributed by atoms with Crippen LogP contribution in [0.4, 0.5) is 0 Å². The van der Waals surface area contributed by atoms with Crippen LogP contribution in [0.5, 0.6) is 0 Å². The number of thioether (sulfide) groups is 1. The number of aryl methyl sites for hydroxylation is 2. The summed E-state index contributed by atoms with van der Waals surface area (Å²) in [5.41, 5.74) is 7.60. The maximum absolute atomic E-state index is 12.3. The van der Waals surface area contributed by atoms with Gasteiger partial charge in [0.05, 0.1) is 27.7 Å². The Morgan fingerprint density at radius 2 is 2.03 bits per heavy atom. The zero-order valence-electron chi connectivity index (χ0n) is 19.3. The van der Waals surface area contributed by atoms with Crippen molar-refractivity contribution in [3.63, 3.8) is 0 Å². The first-order valence-electron chi connectivity index (χ1n) is 11.3. The van der Waals surface area contributed by atoms with Crippen LogP contribution in [-0.2, 0) is 17.6 Å². The molecule has 0 aliphatic heterocycles. The van der Waals surface area contributed by atoms with Crippen LogP contribution < -0.4 is 5.43 Å². The summed E-state index contributed by atoms with van der Waals surface area (Å²) in [5, 5.41) is 14.9. The van der Waals surface area contributed by atoms with Gasteiger partial charge in [0.15, 0.2) is 4.34 Å². The fraction of sp³-hybridized carbons (Fsp3) is 0.280. The van der Waals surface area contributed by atoms with Gasteiger partial charge in [0.25, 0.3) is 5.91 Å². The van der Waals surface area contributed by atoms with Crippen molar-refractivity contribution in [1.29, 1.82) is 0 Å². The van der Waals surface area contributed by atoms with E-state index in [2.05, 4.69) is 15.5 Å². The van der Waals surface area contributed by atoms with Crippen molar-refractivity contribution >= 4 is 62.7 Å². The molecular formula is C25H24N4O3S3. The van der Waals surface area contributed by atoms with Gasteiger partial charge in [0.1, 0.15) is 5.00 Å². The normalized spacial score (nSPS) is 13.4. The molecule has 1 amide bonds. The number of hydrogen-bond acceptors (Lipinski definition) is 7. The molecule has 1 aliphatic carbocycles. The van der Waals surface area contributed by atoms with Gasteiger partial charge in [0, 0.05) is 21.8 Å². The number of rotatable bonds is 7.